The monoisotopic (exact) mass is 322 g/mol. The number of carbonyl (C=O) groups excluding carboxylic acids is 1. The first-order valence-electron chi connectivity index (χ1n) is 8.35. The summed E-state index contributed by atoms with van der Waals surface area (Å²) < 4.78 is 0. The van der Waals surface area contributed by atoms with Crippen molar-refractivity contribution in [2.75, 3.05) is 0 Å². The van der Waals surface area contributed by atoms with Crippen LogP contribution in [0.5, 0.6) is 0 Å². The minimum atomic E-state index is -0.194. The molecule has 0 unspecified atom stereocenters. The number of carbonyl (C=O) groups is 1. The van der Waals surface area contributed by atoms with Crippen molar-refractivity contribution in [3.8, 4) is 0 Å². The van der Waals surface area contributed by atoms with Gasteiger partial charge in [0, 0.05) is 5.56 Å². The van der Waals surface area contributed by atoms with Crippen LogP contribution in [0.1, 0.15) is 61.7 Å². The van der Waals surface area contributed by atoms with E-state index in [1.54, 1.807) is 0 Å². The van der Waals surface area contributed by atoms with Crippen LogP contribution in [0.2, 0.25) is 0 Å². The van der Waals surface area contributed by atoms with Crippen LogP contribution in [0.25, 0.3) is 0 Å². The smallest absolute Gasteiger partial charge is 0.267 e. The van der Waals surface area contributed by atoms with Crippen molar-refractivity contribution in [2.45, 2.75) is 46.5 Å². The van der Waals surface area contributed by atoms with Gasteiger partial charge < -0.3 is 0 Å². The summed E-state index contributed by atoms with van der Waals surface area (Å²) in [5.41, 5.74) is 7.61. The van der Waals surface area contributed by atoms with Crippen molar-refractivity contribution in [1.82, 2.24) is 5.43 Å². The van der Waals surface area contributed by atoms with E-state index in [9.17, 15) is 4.79 Å². The molecule has 3 nitrogen and oxygen atoms in total. The van der Waals surface area contributed by atoms with Gasteiger partial charge in [-0.2, -0.15) is 5.10 Å². The van der Waals surface area contributed by atoms with Crippen molar-refractivity contribution in [2.24, 2.45) is 5.10 Å². The highest BCUT2D eigenvalue weighted by Crippen LogP contribution is 2.22. The third-order valence-electron chi connectivity index (χ3n) is 4.12. The highest BCUT2D eigenvalue weighted by molar-refractivity contribution is 6.00. The third-order valence-corrected chi connectivity index (χ3v) is 4.12. The predicted octanol–water partition coefficient (Wildman–Crippen LogP) is 4.70. The first kappa shape index (κ1) is 17.9. The molecule has 0 saturated heterocycles. The Kier molecular flexibility index (Phi) is 5.55. The van der Waals surface area contributed by atoms with Crippen LogP contribution in [-0.2, 0) is 11.8 Å². The molecule has 0 aliphatic heterocycles. The van der Waals surface area contributed by atoms with Crippen LogP contribution < -0.4 is 5.43 Å². The maximum absolute atomic E-state index is 12.2. The zero-order valence-electron chi connectivity index (χ0n) is 15.2. The van der Waals surface area contributed by atoms with E-state index in [1.807, 2.05) is 43.3 Å². The average molecular weight is 322 g/mol. The standard InChI is InChI=1S/C21H26N2O/c1-6-16-7-9-17(10-8-16)15(2)22-23-20(24)18-11-13-19(14-12-18)21(3,4)5/h7-14H,6H2,1-5H3,(H,23,24)/b22-15-. The molecule has 2 aromatic rings. The lowest BCUT2D eigenvalue weighted by Gasteiger charge is -2.18. The molecule has 1 N–H and O–H groups in total. The Hall–Kier alpha value is -2.42. The molecule has 1 amide bonds. The summed E-state index contributed by atoms with van der Waals surface area (Å²) in [7, 11) is 0. The molecule has 0 aliphatic rings. The second-order valence-electron chi connectivity index (χ2n) is 7.02. The summed E-state index contributed by atoms with van der Waals surface area (Å²) in [5.74, 6) is -0.194. The van der Waals surface area contributed by atoms with Gasteiger partial charge in [-0.3, -0.25) is 4.79 Å². The molecule has 2 rings (SSSR count). The predicted molar refractivity (Wildman–Crippen MR) is 101 cm³/mol. The lowest BCUT2D eigenvalue weighted by molar-refractivity contribution is 0.0955. The fraction of sp³-hybridized carbons (Fsp3) is 0.333. The Bertz CT molecular complexity index is 720. The second kappa shape index (κ2) is 7.43. The summed E-state index contributed by atoms with van der Waals surface area (Å²) in [6.07, 6.45) is 1.01. The van der Waals surface area contributed by atoms with E-state index in [0.717, 1.165) is 17.7 Å². The Morgan fingerprint density at radius 3 is 2.00 bits per heavy atom. The lowest BCUT2D eigenvalue weighted by Crippen LogP contribution is -2.20. The first-order chi connectivity index (χ1) is 11.3. The average Bonchev–Trinajstić information content (AvgIpc) is 2.58. The maximum Gasteiger partial charge on any atom is 0.271 e. The van der Waals surface area contributed by atoms with E-state index in [-0.39, 0.29) is 11.3 Å². The molecular weight excluding hydrogens is 296 g/mol. The summed E-state index contributed by atoms with van der Waals surface area (Å²) in [5, 5.41) is 4.21. The number of nitrogens with one attached hydrogen (secondary N) is 1. The molecule has 0 spiro atoms. The minimum Gasteiger partial charge on any atom is -0.267 e. The molecule has 2 aromatic carbocycles. The molecule has 0 aromatic heterocycles. The summed E-state index contributed by atoms with van der Waals surface area (Å²) >= 11 is 0. The van der Waals surface area contributed by atoms with Crippen LogP contribution in [-0.4, -0.2) is 11.6 Å². The molecule has 0 fully saturated rings. The van der Waals surface area contributed by atoms with Crippen LogP contribution in [0.15, 0.2) is 53.6 Å². The number of nitrogens with zero attached hydrogens (tertiary/aromatic N) is 1. The van der Waals surface area contributed by atoms with E-state index in [4.69, 9.17) is 0 Å². The number of hydrogen-bond acceptors (Lipinski definition) is 2. The largest absolute Gasteiger partial charge is 0.271 e. The molecule has 126 valence electrons. The van der Waals surface area contributed by atoms with Gasteiger partial charge in [-0.1, -0.05) is 64.1 Å². The van der Waals surface area contributed by atoms with Crippen LogP contribution >= 0.6 is 0 Å². The highest BCUT2D eigenvalue weighted by Gasteiger charge is 2.14. The van der Waals surface area contributed by atoms with Crippen molar-refractivity contribution in [3.63, 3.8) is 0 Å². The molecule has 0 atom stereocenters. The van der Waals surface area contributed by atoms with Gasteiger partial charge in [0.15, 0.2) is 0 Å². The van der Waals surface area contributed by atoms with Crippen LogP contribution in [0.4, 0.5) is 0 Å². The quantitative estimate of drug-likeness (QED) is 0.643. The number of rotatable bonds is 4. The minimum absolute atomic E-state index is 0.0778. The fourth-order valence-electron chi connectivity index (χ4n) is 2.37. The molecule has 0 saturated carbocycles. The van der Waals surface area contributed by atoms with Gasteiger partial charge in [0.1, 0.15) is 0 Å². The number of aryl methyl sites for hydroxylation is 1. The first-order valence-corrected chi connectivity index (χ1v) is 8.35. The van der Waals surface area contributed by atoms with Crippen LogP contribution in [0.3, 0.4) is 0 Å². The van der Waals surface area contributed by atoms with E-state index in [1.165, 1.54) is 11.1 Å². The van der Waals surface area contributed by atoms with E-state index >= 15 is 0 Å². The molecule has 0 aliphatic carbocycles. The van der Waals surface area contributed by atoms with Crippen molar-refractivity contribution in [3.05, 3.63) is 70.8 Å². The summed E-state index contributed by atoms with van der Waals surface area (Å²) in [6, 6.07) is 15.9. The van der Waals surface area contributed by atoms with Crippen LogP contribution in [0, 0.1) is 0 Å². The van der Waals surface area contributed by atoms with E-state index in [0.29, 0.717) is 5.56 Å². The maximum atomic E-state index is 12.2. The highest BCUT2D eigenvalue weighted by atomic mass is 16.2. The van der Waals surface area contributed by atoms with Crippen molar-refractivity contribution < 1.29 is 4.79 Å². The number of amides is 1. The molecule has 3 heteroatoms. The van der Waals surface area contributed by atoms with Gasteiger partial charge in [-0.05, 0) is 47.6 Å². The molecule has 0 bridgehead atoms. The van der Waals surface area contributed by atoms with E-state index in [2.05, 4.69) is 50.4 Å². The number of benzene rings is 2. The Balaban J connectivity index is 2.05. The van der Waals surface area contributed by atoms with Gasteiger partial charge >= 0.3 is 0 Å². The summed E-state index contributed by atoms with van der Waals surface area (Å²) in [6.45, 7) is 10.5. The molecule has 0 heterocycles. The Labute approximate surface area is 144 Å². The van der Waals surface area contributed by atoms with Gasteiger partial charge in [-0.15, -0.1) is 0 Å². The van der Waals surface area contributed by atoms with Crippen molar-refractivity contribution >= 4 is 11.6 Å². The lowest BCUT2D eigenvalue weighted by atomic mass is 9.87. The number of hydrazone groups is 1. The van der Waals surface area contributed by atoms with Gasteiger partial charge in [0.25, 0.3) is 5.91 Å². The Morgan fingerprint density at radius 1 is 0.958 bits per heavy atom. The molecular formula is C21H26N2O. The molecule has 24 heavy (non-hydrogen) atoms. The zero-order valence-corrected chi connectivity index (χ0v) is 15.2. The Morgan fingerprint density at radius 2 is 1.50 bits per heavy atom. The topological polar surface area (TPSA) is 41.5 Å². The fourth-order valence-corrected chi connectivity index (χ4v) is 2.37. The third kappa shape index (κ3) is 4.54. The zero-order chi connectivity index (χ0) is 17.7. The number of hydrogen-bond donors (Lipinski definition) is 1. The van der Waals surface area contributed by atoms with E-state index < -0.39 is 0 Å². The molecule has 0 radical (unpaired) electrons. The normalized spacial score (nSPS) is 12.1. The SMILES string of the molecule is CCc1ccc(/C(C)=N\NC(=O)c2ccc(C(C)(C)C)cc2)cc1. The van der Waals surface area contributed by atoms with Crippen molar-refractivity contribution in [1.29, 1.82) is 0 Å². The van der Waals surface area contributed by atoms with Gasteiger partial charge in [-0.25, -0.2) is 5.43 Å². The van der Waals surface area contributed by atoms with Gasteiger partial charge in [0.05, 0.1) is 5.71 Å². The second-order valence-corrected chi connectivity index (χ2v) is 7.02. The summed E-state index contributed by atoms with van der Waals surface area (Å²) in [4.78, 5) is 12.2. The van der Waals surface area contributed by atoms with Gasteiger partial charge in [0.2, 0.25) is 0 Å².